The second-order valence-electron chi connectivity index (χ2n) is 5.30. The van der Waals surface area contributed by atoms with E-state index in [2.05, 4.69) is 9.97 Å². The molecule has 0 aliphatic carbocycles. The van der Waals surface area contributed by atoms with Gasteiger partial charge in [0.25, 0.3) is 5.69 Å². The van der Waals surface area contributed by atoms with Gasteiger partial charge in [-0.1, -0.05) is 12.1 Å². The van der Waals surface area contributed by atoms with Crippen molar-refractivity contribution >= 4 is 16.7 Å². The third kappa shape index (κ3) is 2.27. The van der Waals surface area contributed by atoms with E-state index < -0.39 is 0 Å². The molecule has 0 radical (unpaired) electrons. The van der Waals surface area contributed by atoms with E-state index in [0.717, 1.165) is 16.6 Å². The molecule has 1 N–H and O–H groups in total. The van der Waals surface area contributed by atoms with Crippen molar-refractivity contribution < 1.29 is 4.92 Å². The molecular formula is C16H15N3O2. The van der Waals surface area contributed by atoms with Gasteiger partial charge in [-0.25, -0.2) is 4.98 Å². The molecule has 5 heteroatoms. The number of nitrogens with one attached hydrogen (secondary N) is 1. The van der Waals surface area contributed by atoms with Crippen molar-refractivity contribution in [2.45, 2.75) is 20.8 Å². The van der Waals surface area contributed by atoms with Crippen LogP contribution in [-0.2, 0) is 0 Å². The van der Waals surface area contributed by atoms with E-state index >= 15 is 0 Å². The van der Waals surface area contributed by atoms with Crippen molar-refractivity contribution in [2.75, 3.05) is 0 Å². The van der Waals surface area contributed by atoms with Crippen LogP contribution in [0.15, 0.2) is 30.3 Å². The van der Waals surface area contributed by atoms with Crippen molar-refractivity contribution in [1.29, 1.82) is 0 Å². The van der Waals surface area contributed by atoms with Gasteiger partial charge in [0.15, 0.2) is 0 Å². The summed E-state index contributed by atoms with van der Waals surface area (Å²) in [5, 5.41) is 11.0. The molecule has 0 atom stereocenters. The summed E-state index contributed by atoms with van der Waals surface area (Å²) in [5.41, 5.74) is 5.65. The summed E-state index contributed by atoms with van der Waals surface area (Å²) in [6.07, 6.45) is 0. The summed E-state index contributed by atoms with van der Waals surface area (Å²) in [6, 6.07) is 9.22. The Hall–Kier alpha value is -2.69. The van der Waals surface area contributed by atoms with Gasteiger partial charge in [-0.3, -0.25) is 10.1 Å². The Morgan fingerprint density at radius 2 is 1.76 bits per heavy atom. The maximum atomic E-state index is 11.0. The molecule has 2 aromatic carbocycles. The highest BCUT2D eigenvalue weighted by molar-refractivity contribution is 5.81. The fraction of sp³-hybridized carbons (Fsp3) is 0.188. The standard InChI is InChI=1S/C16H15N3O2/c1-9-4-5-12(8-15(9)19(20)21)16-17-13-6-10(2)11(3)7-14(13)18-16/h4-8H,1-3H3,(H,17,18). The molecule has 0 amide bonds. The maximum Gasteiger partial charge on any atom is 0.273 e. The normalized spacial score (nSPS) is 11.0. The average Bonchev–Trinajstić information content (AvgIpc) is 2.82. The smallest absolute Gasteiger partial charge is 0.273 e. The number of imidazole rings is 1. The van der Waals surface area contributed by atoms with Crippen LogP contribution in [0, 0.1) is 30.9 Å². The number of nitro groups is 1. The summed E-state index contributed by atoms with van der Waals surface area (Å²) < 4.78 is 0. The van der Waals surface area contributed by atoms with Gasteiger partial charge in [0.05, 0.1) is 16.0 Å². The molecule has 0 spiro atoms. The molecule has 0 saturated heterocycles. The number of aromatic amines is 1. The van der Waals surface area contributed by atoms with Crippen LogP contribution in [0.5, 0.6) is 0 Å². The maximum absolute atomic E-state index is 11.0. The van der Waals surface area contributed by atoms with Crippen molar-refractivity contribution in [2.24, 2.45) is 0 Å². The molecule has 0 aliphatic rings. The highest BCUT2D eigenvalue weighted by atomic mass is 16.6. The predicted molar refractivity (Wildman–Crippen MR) is 82.4 cm³/mol. The summed E-state index contributed by atoms with van der Waals surface area (Å²) in [6.45, 7) is 5.82. The predicted octanol–water partition coefficient (Wildman–Crippen LogP) is 4.06. The number of hydrogen-bond donors (Lipinski definition) is 1. The first kappa shape index (κ1) is 13.3. The van der Waals surface area contributed by atoms with Crippen molar-refractivity contribution in [3.63, 3.8) is 0 Å². The number of aromatic nitrogens is 2. The molecule has 1 aromatic heterocycles. The van der Waals surface area contributed by atoms with Crippen molar-refractivity contribution in [3.05, 3.63) is 57.1 Å². The topological polar surface area (TPSA) is 71.8 Å². The van der Waals surface area contributed by atoms with Crippen molar-refractivity contribution in [3.8, 4) is 11.4 Å². The fourth-order valence-electron chi connectivity index (χ4n) is 2.36. The molecule has 0 aliphatic heterocycles. The summed E-state index contributed by atoms with van der Waals surface area (Å²) in [7, 11) is 0. The van der Waals surface area contributed by atoms with E-state index in [1.807, 2.05) is 32.0 Å². The number of nitrogens with zero attached hydrogens (tertiary/aromatic N) is 2. The second kappa shape index (κ2) is 4.70. The Labute approximate surface area is 121 Å². The minimum Gasteiger partial charge on any atom is -0.338 e. The number of rotatable bonds is 2. The van der Waals surface area contributed by atoms with E-state index in [-0.39, 0.29) is 10.6 Å². The molecule has 0 unspecified atom stereocenters. The zero-order valence-corrected chi connectivity index (χ0v) is 12.1. The molecule has 3 rings (SSSR count). The molecular weight excluding hydrogens is 266 g/mol. The first-order valence-electron chi connectivity index (χ1n) is 6.68. The lowest BCUT2D eigenvalue weighted by Gasteiger charge is -2.00. The average molecular weight is 281 g/mol. The molecule has 5 nitrogen and oxygen atoms in total. The zero-order chi connectivity index (χ0) is 15.1. The van der Waals surface area contributed by atoms with E-state index in [9.17, 15) is 10.1 Å². The lowest BCUT2D eigenvalue weighted by Crippen LogP contribution is -1.92. The van der Waals surface area contributed by atoms with Gasteiger partial charge in [-0.05, 0) is 44.0 Å². The Kier molecular flexibility index (Phi) is 2.97. The molecule has 0 saturated carbocycles. The molecule has 3 aromatic rings. The quantitative estimate of drug-likeness (QED) is 0.568. The number of benzene rings is 2. The Morgan fingerprint density at radius 3 is 2.48 bits per heavy atom. The van der Waals surface area contributed by atoms with Crippen LogP contribution in [0.1, 0.15) is 16.7 Å². The highest BCUT2D eigenvalue weighted by Gasteiger charge is 2.14. The third-order valence-corrected chi connectivity index (χ3v) is 3.78. The minimum absolute atomic E-state index is 0.111. The lowest BCUT2D eigenvalue weighted by molar-refractivity contribution is -0.385. The monoisotopic (exact) mass is 281 g/mol. The van der Waals surface area contributed by atoms with Crippen LogP contribution in [0.25, 0.3) is 22.4 Å². The van der Waals surface area contributed by atoms with Crippen LogP contribution in [0.4, 0.5) is 5.69 Å². The van der Waals surface area contributed by atoms with Crippen LogP contribution < -0.4 is 0 Å². The number of hydrogen-bond acceptors (Lipinski definition) is 3. The van der Waals surface area contributed by atoms with Crippen LogP contribution in [0.2, 0.25) is 0 Å². The number of fused-ring (bicyclic) bond motifs is 1. The van der Waals surface area contributed by atoms with E-state index in [0.29, 0.717) is 11.4 Å². The Bertz CT molecular complexity index is 826. The Morgan fingerprint density at radius 1 is 1.05 bits per heavy atom. The van der Waals surface area contributed by atoms with Gasteiger partial charge in [0, 0.05) is 17.2 Å². The summed E-state index contributed by atoms with van der Waals surface area (Å²) in [5.74, 6) is 0.651. The van der Waals surface area contributed by atoms with Crippen LogP contribution in [-0.4, -0.2) is 14.9 Å². The number of nitro benzene ring substituents is 1. The highest BCUT2D eigenvalue weighted by Crippen LogP contribution is 2.27. The summed E-state index contributed by atoms with van der Waals surface area (Å²) in [4.78, 5) is 18.4. The van der Waals surface area contributed by atoms with Crippen LogP contribution >= 0.6 is 0 Å². The van der Waals surface area contributed by atoms with Gasteiger partial charge < -0.3 is 4.98 Å². The third-order valence-electron chi connectivity index (χ3n) is 3.78. The minimum atomic E-state index is -0.365. The second-order valence-corrected chi connectivity index (χ2v) is 5.30. The van der Waals surface area contributed by atoms with Gasteiger partial charge in [0.1, 0.15) is 5.82 Å². The first-order valence-corrected chi connectivity index (χ1v) is 6.68. The molecule has 106 valence electrons. The van der Waals surface area contributed by atoms with Crippen molar-refractivity contribution in [1.82, 2.24) is 9.97 Å². The molecule has 21 heavy (non-hydrogen) atoms. The zero-order valence-electron chi connectivity index (χ0n) is 12.1. The number of H-pyrrole nitrogens is 1. The van der Waals surface area contributed by atoms with Gasteiger partial charge in [-0.2, -0.15) is 0 Å². The fourth-order valence-corrected chi connectivity index (χ4v) is 2.36. The Balaban J connectivity index is 2.16. The molecule has 1 heterocycles. The number of aryl methyl sites for hydroxylation is 3. The van der Waals surface area contributed by atoms with Gasteiger partial charge >= 0.3 is 0 Å². The van der Waals surface area contributed by atoms with Crippen LogP contribution in [0.3, 0.4) is 0 Å². The van der Waals surface area contributed by atoms with E-state index in [1.165, 1.54) is 11.1 Å². The molecule has 0 fully saturated rings. The SMILES string of the molecule is Cc1cc2nc(-c3ccc(C)c([N+](=O)[O-])c3)[nH]c2cc1C. The van der Waals surface area contributed by atoms with Gasteiger partial charge in [0.2, 0.25) is 0 Å². The molecule has 0 bridgehead atoms. The first-order chi connectivity index (χ1) is 9.95. The largest absolute Gasteiger partial charge is 0.338 e. The van der Waals surface area contributed by atoms with E-state index in [4.69, 9.17) is 0 Å². The van der Waals surface area contributed by atoms with Gasteiger partial charge in [-0.15, -0.1) is 0 Å². The van der Waals surface area contributed by atoms with E-state index in [1.54, 1.807) is 19.1 Å². The summed E-state index contributed by atoms with van der Waals surface area (Å²) >= 11 is 0. The lowest BCUT2D eigenvalue weighted by atomic mass is 10.1.